The maximum Gasteiger partial charge on any atom is 0.496 e. The van der Waals surface area contributed by atoms with Crippen LogP contribution in [-0.2, 0) is 15.7 Å². The van der Waals surface area contributed by atoms with E-state index in [-0.39, 0.29) is 11.2 Å². The minimum absolute atomic E-state index is 0.356. The van der Waals surface area contributed by atoms with Crippen molar-refractivity contribution in [2.75, 3.05) is 6.54 Å². The monoisotopic (exact) mass is 282 g/mol. The molecule has 1 aromatic rings. The van der Waals surface area contributed by atoms with E-state index in [0.717, 1.165) is 11.0 Å². The highest BCUT2D eigenvalue weighted by atomic mass is 35.5. The van der Waals surface area contributed by atoms with Crippen molar-refractivity contribution in [2.45, 2.75) is 45.3 Å². The Morgan fingerprint density at radius 2 is 1.84 bits per heavy atom. The van der Waals surface area contributed by atoms with Gasteiger partial charge in [0.2, 0.25) is 0 Å². The van der Waals surface area contributed by atoms with Crippen molar-refractivity contribution in [2.24, 2.45) is 5.73 Å². The number of pyridine rings is 1. The predicted octanol–water partition coefficient (Wildman–Crippen LogP) is 1.54. The summed E-state index contributed by atoms with van der Waals surface area (Å²) >= 11 is 6.05. The zero-order valence-electron chi connectivity index (χ0n) is 11.9. The van der Waals surface area contributed by atoms with Crippen LogP contribution in [0.25, 0.3) is 0 Å². The van der Waals surface area contributed by atoms with Gasteiger partial charge in [-0.3, -0.25) is 0 Å². The molecule has 2 heterocycles. The van der Waals surface area contributed by atoms with Gasteiger partial charge in [0.1, 0.15) is 5.15 Å². The van der Waals surface area contributed by atoms with Gasteiger partial charge >= 0.3 is 7.12 Å². The summed E-state index contributed by atoms with van der Waals surface area (Å²) < 4.78 is 12.0. The Morgan fingerprint density at radius 3 is 2.37 bits per heavy atom. The van der Waals surface area contributed by atoms with E-state index in [1.54, 1.807) is 6.20 Å². The van der Waals surface area contributed by atoms with Crippen LogP contribution in [0.3, 0.4) is 0 Å². The molecule has 1 aliphatic rings. The van der Waals surface area contributed by atoms with Crippen LogP contribution in [-0.4, -0.2) is 29.8 Å². The van der Waals surface area contributed by atoms with Gasteiger partial charge in [-0.2, -0.15) is 0 Å². The molecule has 1 aliphatic heterocycles. The first-order valence-corrected chi connectivity index (χ1v) is 6.84. The zero-order chi connectivity index (χ0) is 14.3. The third-order valence-corrected chi connectivity index (χ3v) is 4.21. The maximum absolute atomic E-state index is 6.05. The van der Waals surface area contributed by atoms with E-state index in [1.165, 1.54) is 0 Å². The third kappa shape index (κ3) is 2.79. The Morgan fingerprint density at radius 1 is 1.26 bits per heavy atom. The molecule has 0 bridgehead atoms. The first kappa shape index (κ1) is 14.8. The van der Waals surface area contributed by atoms with Crippen molar-refractivity contribution >= 4 is 24.2 Å². The second-order valence-corrected chi connectivity index (χ2v) is 6.20. The molecule has 1 saturated heterocycles. The minimum Gasteiger partial charge on any atom is -0.399 e. The molecule has 0 amide bonds. The Balaban J connectivity index is 2.27. The normalized spacial score (nSPS) is 20.8. The second-order valence-electron chi connectivity index (χ2n) is 5.85. The minimum atomic E-state index is -0.411. The summed E-state index contributed by atoms with van der Waals surface area (Å²) in [5, 5.41) is 0.491. The molecule has 104 valence electrons. The smallest absolute Gasteiger partial charge is 0.399 e. The molecule has 1 aromatic heterocycles. The molecule has 0 saturated carbocycles. The number of halogens is 1. The quantitative estimate of drug-likeness (QED) is 0.675. The number of hydrogen-bond donors (Lipinski definition) is 1. The van der Waals surface area contributed by atoms with Crippen molar-refractivity contribution in [3.8, 4) is 0 Å². The summed E-state index contributed by atoms with van der Waals surface area (Å²) in [5.41, 5.74) is 6.67. The van der Waals surface area contributed by atoms with E-state index in [9.17, 15) is 0 Å². The molecule has 4 nitrogen and oxygen atoms in total. The summed E-state index contributed by atoms with van der Waals surface area (Å²) in [7, 11) is -0.411. The largest absolute Gasteiger partial charge is 0.496 e. The van der Waals surface area contributed by atoms with Crippen LogP contribution in [0.1, 0.15) is 33.3 Å². The number of nitrogens with two attached hydrogens (primary N) is 1. The number of hydrogen-bond acceptors (Lipinski definition) is 4. The molecule has 0 radical (unpaired) electrons. The molecule has 2 rings (SSSR count). The van der Waals surface area contributed by atoms with Crippen molar-refractivity contribution in [3.63, 3.8) is 0 Å². The fourth-order valence-electron chi connectivity index (χ4n) is 1.95. The highest BCUT2D eigenvalue weighted by molar-refractivity contribution is 6.62. The highest BCUT2D eigenvalue weighted by Gasteiger charge is 2.51. The molecular formula is C13H20BClN2O2. The van der Waals surface area contributed by atoms with Gasteiger partial charge in [-0.1, -0.05) is 17.7 Å². The van der Waals surface area contributed by atoms with E-state index in [1.807, 2.05) is 33.8 Å². The molecule has 6 heteroatoms. The predicted molar refractivity (Wildman–Crippen MR) is 77.7 cm³/mol. The van der Waals surface area contributed by atoms with Crippen molar-refractivity contribution in [1.29, 1.82) is 0 Å². The van der Waals surface area contributed by atoms with Crippen molar-refractivity contribution in [3.05, 3.63) is 23.0 Å². The lowest BCUT2D eigenvalue weighted by Crippen LogP contribution is -2.41. The van der Waals surface area contributed by atoms with E-state index in [4.69, 9.17) is 26.6 Å². The molecule has 1 fully saturated rings. The van der Waals surface area contributed by atoms with E-state index < -0.39 is 7.12 Å². The summed E-state index contributed by atoms with van der Waals surface area (Å²) in [6.45, 7) is 8.64. The Labute approximate surface area is 119 Å². The first-order valence-electron chi connectivity index (χ1n) is 6.47. The number of nitrogens with zero attached hydrogens (tertiary/aromatic N) is 1. The van der Waals surface area contributed by atoms with Gasteiger partial charge < -0.3 is 15.0 Å². The summed E-state index contributed by atoms with van der Waals surface area (Å²) in [6, 6.07) is 1.96. The van der Waals surface area contributed by atoms with Crippen LogP contribution in [0.4, 0.5) is 0 Å². The van der Waals surface area contributed by atoms with Crippen LogP contribution in [0.2, 0.25) is 5.15 Å². The van der Waals surface area contributed by atoms with Gasteiger partial charge in [-0.25, -0.2) is 4.98 Å². The molecule has 19 heavy (non-hydrogen) atoms. The van der Waals surface area contributed by atoms with Crippen molar-refractivity contribution in [1.82, 2.24) is 4.98 Å². The molecule has 0 aliphatic carbocycles. The SMILES string of the molecule is CC1(C)OB(c2cnc(Cl)c(CCN)c2)OC1(C)C. The van der Waals surface area contributed by atoms with Crippen molar-refractivity contribution < 1.29 is 9.31 Å². The van der Waals surface area contributed by atoms with Crippen LogP contribution in [0, 0.1) is 0 Å². The fraction of sp³-hybridized carbons (Fsp3) is 0.615. The van der Waals surface area contributed by atoms with Crippen LogP contribution >= 0.6 is 11.6 Å². The van der Waals surface area contributed by atoms with Crippen LogP contribution < -0.4 is 11.2 Å². The Hall–Kier alpha value is -0.615. The molecule has 0 unspecified atom stereocenters. The van der Waals surface area contributed by atoms with E-state index in [2.05, 4.69) is 4.98 Å². The lowest BCUT2D eigenvalue weighted by atomic mass is 9.79. The standard InChI is InChI=1S/C13H20BClN2O2/c1-12(2)13(3,4)19-14(18-12)10-7-9(5-6-16)11(15)17-8-10/h7-8H,5-6,16H2,1-4H3. The molecule has 0 atom stereocenters. The molecule has 0 spiro atoms. The zero-order valence-corrected chi connectivity index (χ0v) is 12.6. The topological polar surface area (TPSA) is 57.4 Å². The lowest BCUT2D eigenvalue weighted by Gasteiger charge is -2.32. The molecule has 2 N–H and O–H groups in total. The molecular weight excluding hydrogens is 262 g/mol. The maximum atomic E-state index is 6.05. The summed E-state index contributed by atoms with van der Waals surface area (Å²) in [5.74, 6) is 0. The van der Waals surface area contributed by atoms with Crippen LogP contribution in [0.5, 0.6) is 0 Å². The summed E-state index contributed by atoms with van der Waals surface area (Å²) in [6.07, 6.45) is 2.39. The first-order chi connectivity index (χ1) is 8.77. The van der Waals surface area contributed by atoms with Gasteiger partial charge in [0.25, 0.3) is 0 Å². The number of rotatable bonds is 3. The van der Waals surface area contributed by atoms with Gasteiger partial charge in [0, 0.05) is 11.7 Å². The second kappa shape index (κ2) is 5.06. The summed E-state index contributed by atoms with van der Waals surface area (Å²) in [4.78, 5) is 4.19. The van der Waals surface area contributed by atoms with Gasteiger partial charge in [0.15, 0.2) is 0 Å². The van der Waals surface area contributed by atoms with Gasteiger partial charge in [-0.15, -0.1) is 0 Å². The van der Waals surface area contributed by atoms with Gasteiger partial charge in [-0.05, 0) is 46.2 Å². The van der Waals surface area contributed by atoms with Gasteiger partial charge in [0.05, 0.1) is 11.2 Å². The van der Waals surface area contributed by atoms with Crippen LogP contribution in [0.15, 0.2) is 12.3 Å². The average Bonchev–Trinajstić information content (AvgIpc) is 2.51. The van der Waals surface area contributed by atoms with E-state index in [0.29, 0.717) is 18.1 Å². The number of aromatic nitrogens is 1. The average molecular weight is 283 g/mol. The lowest BCUT2D eigenvalue weighted by molar-refractivity contribution is 0.00578. The van der Waals surface area contributed by atoms with E-state index >= 15 is 0 Å². The third-order valence-electron chi connectivity index (χ3n) is 3.87. The fourth-order valence-corrected chi connectivity index (χ4v) is 2.15. The Bertz CT molecular complexity index is 464. The Kier molecular flexibility index (Phi) is 3.93. The highest BCUT2D eigenvalue weighted by Crippen LogP contribution is 2.36. The molecule has 0 aromatic carbocycles.